The molecular formula is C25H24N2O7S. The minimum absolute atomic E-state index is 0.0201. The van der Waals surface area contributed by atoms with Gasteiger partial charge < -0.3 is 19.1 Å². The van der Waals surface area contributed by atoms with Gasteiger partial charge in [0.25, 0.3) is 15.9 Å². The van der Waals surface area contributed by atoms with E-state index in [1.165, 1.54) is 36.3 Å². The second-order valence-corrected chi connectivity index (χ2v) is 9.52. The van der Waals surface area contributed by atoms with Gasteiger partial charge in [-0.1, -0.05) is 29.8 Å². The maximum Gasteiger partial charge on any atom is 0.348 e. The van der Waals surface area contributed by atoms with Crippen molar-refractivity contribution in [2.45, 2.75) is 17.9 Å². The van der Waals surface area contributed by atoms with E-state index < -0.39 is 28.0 Å². The number of esters is 1. The smallest absolute Gasteiger partial charge is 0.348 e. The molecular weight excluding hydrogens is 472 g/mol. The summed E-state index contributed by atoms with van der Waals surface area (Å²) in [5.74, 6) is -0.279. The Morgan fingerprint density at radius 2 is 1.71 bits per heavy atom. The molecule has 0 saturated heterocycles. The molecule has 0 unspecified atom stereocenters. The van der Waals surface area contributed by atoms with Crippen molar-refractivity contribution in [1.29, 1.82) is 0 Å². The van der Waals surface area contributed by atoms with Crippen molar-refractivity contribution in [3.05, 3.63) is 78.4 Å². The summed E-state index contributed by atoms with van der Waals surface area (Å²) in [5, 5.41) is 0. The van der Waals surface area contributed by atoms with Crippen LogP contribution in [-0.2, 0) is 24.3 Å². The maximum atomic E-state index is 12.9. The minimum atomic E-state index is -3.78. The number of methoxy groups -OCH3 is 1. The molecule has 4 rings (SSSR count). The van der Waals surface area contributed by atoms with Crippen LogP contribution in [-0.4, -0.2) is 46.7 Å². The number of rotatable bonds is 7. The topological polar surface area (TPSA) is 111 Å². The van der Waals surface area contributed by atoms with Crippen molar-refractivity contribution in [3.8, 4) is 11.5 Å². The lowest BCUT2D eigenvalue weighted by molar-refractivity contribution is -0.148. The molecule has 1 aliphatic heterocycles. The van der Waals surface area contributed by atoms with Gasteiger partial charge in [-0.3, -0.25) is 9.52 Å². The van der Waals surface area contributed by atoms with Crippen molar-refractivity contribution in [2.75, 3.05) is 29.9 Å². The van der Waals surface area contributed by atoms with Gasteiger partial charge in [-0.15, -0.1) is 0 Å². The van der Waals surface area contributed by atoms with Gasteiger partial charge in [0.05, 0.1) is 24.2 Å². The number of sulfonamides is 1. The van der Waals surface area contributed by atoms with Crippen molar-refractivity contribution >= 4 is 33.3 Å². The lowest BCUT2D eigenvalue weighted by Crippen LogP contribution is -2.48. The number of ether oxygens (including phenoxy) is 3. The van der Waals surface area contributed by atoms with Crippen LogP contribution >= 0.6 is 0 Å². The lowest BCUT2D eigenvalue weighted by atomic mass is 10.2. The number of amides is 1. The van der Waals surface area contributed by atoms with Crippen LogP contribution < -0.4 is 19.1 Å². The number of benzene rings is 3. The van der Waals surface area contributed by atoms with E-state index in [4.69, 9.17) is 14.2 Å². The number of hydrogen-bond donors (Lipinski definition) is 1. The molecule has 1 atom stereocenters. The number of carbonyl (C=O) groups excluding carboxylic acids is 2. The Labute approximate surface area is 203 Å². The molecule has 0 radical (unpaired) electrons. The summed E-state index contributed by atoms with van der Waals surface area (Å²) < 4.78 is 43.8. The Kier molecular flexibility index (Phi) is 6.92. The van der Waals surface area contributed by atoms with Crippen LogP contribution in [0.1, 0.15) is 5.56 Å². The highest BCUT2D eigenvalue weighted by Crippen LogP contribution is 2.33. The summed E-state index contributed by atoms with van der Waals surface area (Å²) in [7, 11) is -2.53. The van der Waals surface area contributed by atoms with Gasteiger partial charge in [-0.2, -0.15) is 0 Å². The van der Waals surface area contributed by atoms with Gasteiger partial charge >= 0.3 is 5.97 Å². The maximum absolute atomic E-state index is 12.9. The molecule has 35 heavy (non-hydrogen) atoms. The summed E-state index contributed by atoms with van der Waals surface area (Å²) in [4.78, 5) is 26.4. The van der Waals surface area contributed by atoms with Gasteiger partial charge in [-0.25, -0.2) is 13.2 Å². The number of hydrogen-bond acceptors (Lipinski definition) is 7. The number of fused-ring (bicyclic) bond motifs is 1. The van der Waals surface area contributed by atoms with E-state index in [1.54, 1.807) is 36.4 Å². The fourth-order valence-corrected chi connectivity index (χ4v) is 4.56. The van der Waals surface area contributed by atoms with E-state index in [2.05, 4.69) is 4.72 Å². The average molecular weight is 497 g/mol. The number of aryl methyl sites for hydroxylation is 1. The Morgan fingerprint density at radius 1 is 1.03 bits per heavy atom. The Balaban J connectivity index is 1.42. The highest BCUT2D eigenvalue weighted by Gasteiger charge is 2.34. The van der Waals surface area contributed by atoms with Crippen molar-refractivity contribution in [2.24, 2.45) is 0 Å². The normalized spacial score (nSPS) is 14.9. The third-order valence-corrected chi connectivity index (χ3v) is 6.74. The molecule has 0 spiro atoms. The minimum Gasteiger partial charge on any atom is -0.484 e. The molecule has 3 aromatic carbocycles. The standard InChI is InChI=1S/C25H24N2O7S/c1-17-7-9-18(10-8-17)26-35(30,31)20-13-11-19(12-14-20)33-16-24(28)27-15-23(25(29)32-2)34-22-6-4-3-5-21(22)27/h3-14,23,26H,15-16H2,1-2H3/t23-/m0/s1. The zero-order valence-corrected chi connectivity index (χ0v) is 19.9. The first kappa shape index (κ1) is 24.1. The van der Waals surface area contributed by atoms with Crippen LogP contribution in [0.2, 0.25) is 0 Å². The molecule has 1 N–H and O–H groups in total. The number of anilines is 2. The fourth-order valence-electron chi connectivity index (χ4n) is 3.50. The summed E-state index contributed by atoms with van der Waals surface area (Å²) in [6, 6.07) is 19.6. The van der Waals surface area contributed by atoms with Crippen LogP contribution in [0.3, 0.4) is 0 Å². The Hall–Kier alpha value is -4.05. The fraction of sp³-hybridized carbons (Fsp3) is 0.200. The van der Waals surface area contributed by atoms with Crippen LogP contribution in [0, 0.1) is 6.92 Å². The molecule has 1 amide bonds. The van der Waals surface area contributed by atoms with Gasteiger partial charge in [0.15, 0.2) is 6.61 Å². The van der Waals surface area contributed by atoms with E-state index in [9.17, 15) is 18.0 Å². The predicted molar refractivity (Wildman–Crippen MR) is 129 cm³/mol. The third kappa shape index (κ3) is 5.55. The molecule has 0 aromatic heterocycles. The first-order valence-electron chi connectivity index (χ1n) is 10.7. The number of para-hydroxylation sites is 2. The lowest BCUT2D eigenvalue weighted by Gasteiger charge is -2.33. The average Bonchev–Trinajstić information content (AvgIpc) is 2.87. The monoisotopic (exact) mass is 496 g/mol. The van der Waals surface area contributed by atoms with Crippen LogP contribution in [0.25, 0.3) is 0 Å². The number of nitrogens with zero attached hydrogens (tertiary/aromatic N) is 1. The quantitative estimate of drug-likeness (QED) is 0.500. The van der Waals surface area contributed by atoms with Crippen LogP contribution in [0.5, 0.6) is 11.5 Å². The van der Waals surface area contributed by atoms with Crippen molar-refractivity contribution < 1.29 is 32.2 Å². The molecule has 1 aliphatic rings. The SMILES string of the molecule is COC(=O)[C@@H]1CN(C(=O)COc2ccc(S(=O)(=O)Nc3ccc(C)cc3)cc2)c2ccccc2O1. The molecule has 182 valence electrons. The highest BCUT2D eigenvalue weighted by molar-refractivity contribution is 7.92. The molecule has 10 heteroatoms. The molecule has 1 heterocycles. The van der Waals surface area contributed by atoms with Gasteiger partial charge in [-0.05, 0) is 55.5 Å². The summed E-state index contributed by atoms with van der Waals surface area (Å²) in [6.45, 7) is 1.57. The van der Waals surface area contributed by atoms with Gasteiger partial charge in [0.2, 0.25) is 6.10 Å². The number of nitrogens with one attached hydrogen (secondary N) is 1. The van der Waals surface area contributed by atoms with Crippen molar-refractivity contribution in [3.63, 3.8) is 0 Å². The van der Waals surface area contributed by atoms with E-state index >= 15 is 0 Å². The predicted octanol–water partition coefficient (Wildman–Crippen LogP) is 3.14. The van der Waals surface area contributed by atoms with E-state index in [1.807, 2.05) is 19.1 Å². The van der Waals surface area contributed by atoms with Gasteiger partial charge in [0, 0.05) is 5.69 Å². The van der Waals surface area contributed by atoms with E-state index in [-0.39, 0.29) is 18.0 Å². The largest absolute Gasteiger partial charge is 0.484 e. The zero-order valence-electron chi connectivity index (χ0n) is 19.1. The van der Waals surface area contributed by atoms with Gasteiger partial charge in [0.1, 0.15) is 11.5 Å². The van der Waals surface area contributed by atoms with E-state index in [0.717, 1.165) is 5.56 Å². The molecule has 0 bridgehead atoms. The molecule has 0 saturated carbocycles. The number of carbonyl (C=O) groups is 2. The molecule has 3 aromatic rings. The summed E-state index contributed by atoms with van der Waals surface area (Å²) in [6.07, 6.45) is -0.954. The summed E-state index contributed by atoms with van der Waals surface area (Å²) in [5.41, 5.74) is 1.99. The summed E-state index contributed by atoms with van der Waals surface area (Å²) >= 11 is 0. The first-order valence-corrected chi connectivity index (χ1v) is 12.2. The molecule has 0 fully saturated rings. The van der Waals surface area contributed by atoms with Crippen molar-refractivity contribution in [1.82, 2.24) is 0 Å². The third-order valence-electron chi connectivity index (χ3n) is 5.34. The zero-order chi connectivity index (χ0) is 25.0. The van der Waals surface area contributed by atoms with E-state index in [0.29, 0.717) is 22.9 Å². The first-order chi connectivity index (χ1) is 16.8. The van der Waals surface area contributed by atoms with Crippen LogP contribution in [0.4, 0.5) is 11.4 Å². The van der Waals surface area contributed by atoms with Crippen LogP contribution in [0.15, 0.2) is 77.7 Å². The Bertz CT molecular complexity index is 1320. The Morgan fingerprint density at radius 3 is 2.40 bits per heavy atom. The second-order valence-electron chi connectivity index (χ2n) is 7.83. The molecule has 9 nitrogen and oxygen atoms in total. The molecule has 0 aliphatic carbocycles. The second kappa shape index (κ2) is 10.1. The highest BCUT2D eigenvalue weighted by atomic mass is 32.2.